The molecule has 304 valence electrons. The first-order valence-electron chi connectivity index (χ1n) is 20.3. The van der Waals surface area contributed by atoms with Gasteiger partial charge in [0, 0.05) is 40.9 Å². The molecular formula is C52H40F3NO5. The van der Waals surface area contributed by atoms with E-state index in [2.05, 4.69) is 65.6 Å². The molecule has 2 aliphatic carbocycles. The van der Waals surface area contributed by atoms with E-state index in [1.165, 1.54) is 12.1 Å². The molecule has 0 aromatic heterocycles. The highest BCUT2D eigenvalue weighted by Crippen LogP contribution is 2.67. The summed E-state index contributed by atoms with van der Waals surface area (Å²) in [6.45, 7) is 2.94. The predicted octanol–water partition coefficient (Wildman–Crippen LogP) is 11.4. The minimum Gasteiger partial charge on any atom is -0.497 e. The van der Waals surface area contributed by atoms with Crippen LogP contribution in [0.3, 0.4) is 0 Å². The normalized spacial score (nSPS) is 17.9. The lowest BCUT2D eigenvalue weighted by Crippen LogP contribution is -2.37. The van der Waals surface area contributed by atoms with Gasteiger partial charge in [0.25, 0.3) is 0 Å². The number of anilines is 1. The lowest BCUT2D eigenvalue weighted by atomic mass is 9.68. The molecule has 0 amide bonds. The van der Waals surface area contributed by atoms with Crippen LogP contribution in [0.1, 0.15) is 44.5 Å². The van der Waals surface area contributed by atoms with Gasteiger partial charge in [0.05, 0.1) is 45.5 Å². The van der Waals surface area contributed by atoms with Crippen LogP contribution < -0.4 is 23.8 Å². The molecule has 0 saturated carbocycles. The van der Waals surface area contributed by atoms with Gasteiger partial charge in [0.1, 0.15) is 11.5 Å². The Labute approximate surface area is 351 Å². The van der Waals surface area contributed by atoms with Crippen molar-refractivity contribution in [1.82, 2.24) is 0 Å². The zero-order chi connectivity index (χ0) is 41.7. The number of methoxy groups -OCH3 is 3. The summed E-state index contributed by atoms with van der Waals surface area (Å²) in [6.07, 6.45) is -0.354. The SMILES string of the molecule is COc1ccc(C2(c3ccc(N4CCOCC4)cc3)C=Cc3c4c(c5cc(OC)c(OC)cc5c3O2)-c2ccc(C(F)(F)F)cc2C42c3ccccc3-c3ccccc32)cc1. The highest BCUT2D eigenvalue weighted by Gasteiger charge is 2.55. The van der Waals surface area contributed by atoms with Crippen LogP contribution in [-0.2, 0) is 21.9 Å². The molecule has 7 aromatic carbocycles. The van der Waals surface area contributed by atoms with E-state index in [0.29, 0.717) is 47.3 Å². The zero-order valence-corrected chi connectivity index (χ0v) is 33.7. The second-order valence-corrected chi connectivity index (χ2v) is 15.9. The van der Waals surface area contributed by atoms with Gasteiger partial charge in [-0.2, -0.15) is 13.2 Å². The van der Waals surface area contributed by atoms with Gasteiger partial charge in [0.2, 0.25) is 0 Å². The average Bonchev–Trinajstić information content (AvgIpc) is 3.78. The number of hydrogen-bond donors (Lipinski definition) is 0. The number of benzene rings is 7. The Morgan fingerprint density at radius 1 is 0.623 bits per heavy atom. The molecule has 1 atom stereocenters. The van der Waals surface area contributed by atoms with E-state index in [1.807, 2.05) is 60.7 Å². The molecule has 4 aliphatic rings. The van der Waals surface area contributed by atoms with Crippen LogP contribution in [0.25, 0.3) is 39.1 Å². The van der Waals surface area contributed by atoms with Crippen LogP contribution in [0.2, 0.25) is 0 Å². The van der Waals surface area contributed by atoms with Crippen LogP contribution in [0, 0.1) is 0 Å². The van der Waals surface area contributed by atoms with E-state index in [0.717, 1.165) is 79.6 Å². The van der Waals surface area contributed by atoms with Crippen LogP contribution in [0.5, 0.6) is 23.0 Å². The van der Waals surface area contributed by atoms with Crippen molar-refractivity contribution in [2.24, 2.45) is 0 Å². The fourth-order valence-corrected chi connectivity index (χ4v) is 10.4. The van der Waals surface area contributed by atoms with Crippen molar-refractivity contribution >= 4 is 22.5 Å². The first-order chi connectivity index (χ1) is 29.7. The Hall–Kier alpha value is -6.71. The maximum Gasteiger partial charge on any atom is 0.416 e. The van der Waals surface area contributed by atoms with Crippen molar-refractivity contribution in [3.8, 4) is 45.3 Å². The van der Waals surface area contributed by atoms with Crippen molar-refractivity contribution in [1.29, 1.82) is 0 Å². The Balaban J connectivity index is 1.25. The Morgan fingerprint density at radius 2 is 1.23 bits per heavy atom. The summed E-state index contributed by atoms with van der Waals surface area (Å²) in [4.78, 5) is 2.31. The van der Waals surface area contributed by atoms with E-state index in [9.17, 15) is 13.2 Å². The van der Waals surface area contributed by atoms with E-state index < -0.39 is 22.8 Å². The molecule has 7 aromatic rings. The maximum atomic E-state index is 14.9. The van der Waals surface area contributed by atoms with Gasteiger partial charge in [0.15, 0.2) is 17.1 Å². The number of rotatable bonds is 6. The molecule has 11 rings (SSSR count). The minimum absolute atomic E-state index is 0.491. The third-order valence-electron chi connectivity index (χ3n) is 13.1. The lowest BCUT2D eigenvalue weighted by molar-refractivity contribution is -0.137. The number of ether oxygens (including phenoxy) is 5. The fraction of sp³-hybridized carbons (Fsp3) is 0.192. The van der Waals surface area contributed by atoms with Gasteiger partial charge < -0.3 is 28.6 Å². The predicted molar refractivity (Wildman–Crippen MR) is 231 cm³/mol. The quantitative estimate of drug-likeness (QED) is 0.167. The standard InChI is InChI=1S/C52H40F3NO5/c1-57-35-19-14-32(15-20-35)50(31-12-17-34(18-13-31)56-24-26-60-27-25-56)23-22-39-48-47(40-29-45(58-2)46(59-3)30-41(40)49(39)61-50)38-21-16-33(52(53,54)55)28-44(38)51(48)42-10-6-4-8-36(42)37-9-5-7-11-43(37)51/h4-23,28-30H,24-27H2,1-3H3. The van der Waals surface area contributed by atoms with Gasteiger partial charge in [-0.1, -0.05) is 84.9 Å². The van der Waals surface area contributed by atoms with Gasteiger partial charge in [-0.25, -0.2) is 0 Å². The summed E-state index contributed by atoms with van der Waals surface area (Å²) in [5, 5.41) is 1.51. The van der Waals surface area contributed by atoms with Gasteiger partial charge in [-0.3, -0.25) is 0 Å². The molecule has 61 heavy (non-hydrogen) atoms. The van der Waals surface area contributed by atoms with Crippen molar-refractivity contribution in [3.63, 3.8) is 0 Å². The lowest BCUT2D eigenvalue weighted by Gasteiger charge is -2.39. The first-order valence-corrected chi connectivity index (χ1v) is 20.3. The minimum atomic E-state index is -4.57. The molecule has 6 nitrogen and oxygen atoms in total. The maximum absolute atomic E-state index is 14.9. The molecule has 1 fully saturated rings. The Bertz CT molecular complexity index is 2890. The van der Waals surface area contributed by atoms with Crippen LogP contribution in [0.4, 0.5) is 18.9 Å². The molecule has 0 radical (unpaired) electrons. The number of alkyl halides is 3. The molecule has 9 heteroatoms. The molecular weight excluding hydrogens is 776 g/mol. The van der Waals surface area contributed by atoms with Crippen molar-refractivity contribution < 1.29 is 36.9 Å². The summed E-state index contributed by atoms with van der Waals surface area (Å²) in [6, 6.07) is 40.6. The molecule has 0 N–H and O–H groups in total. The van der Waals surface area contributed by atoms with Crippen LogP contribution in [-0.4, -0.2) is 47.6 Å². The molecule has 2 heterocycles. The van der Waals surface area contributed by atoms with Gasteiger partial charge >= 0.3 is 6.18 Å². The van der Waals surface area contributed by atoms with Crippen LogP contribution >= 0.6 is 0 Å². The Morgan fingerprint density at radius 3 is 1.84 bits per heavy atom. The largest absolute Gasteiger partial charge is 0.497 e. The monoisotopic (exact) mass is 815 g/mol. The van der Waals surface area contributed by atoms with Crippen molar-refractivity contribution in [3.05, 3.63) is 178 Å². The Kier molecular flexibility index (Phi) is 8.35. The van der Waals surface area contributed by atoms with Crippen molar-refractivity contribution in [2.75, 3.05) is 52.5 Å². The summed E-state index contributed by atoms with van der Waals surface area (Å²) >= 11 is 0. The number of morpholine rings is 1. The van der Waals surface area contributed by atoms with E-state index >= 15 is 0 Å². The average molecular weight is 816 g/mol. The number of fused-ring (bicyclic) bond motifs is 15. The summed E-state index contributed by atoms with van der Waals surface area (Å²) in [5.74, 6) is 2.27. The van der Waals surface area contributed by atoms with Gasteiger partial charge in [-0.15, -0.1) is 0 Å². The second-order valence-electron chi connectivity index (χ2n) is 15.9. The van der Waals surface area contributed by atoms with E-state index in [4.69, 9.17) is 23.7 Å². The third-order valence-corrected chi connectivity index (χ3v) is 13.1. The third kappa shape index (κ3) is 5.26. The van der Waals surface area contributed by atoms with Gasteiger partial charge in [-0.05, 0) is 105 Å². The topological polar surface area (TPSA) is 49.4 Å². The highest BCUT2D eigenvalue weighted by molar-refractivity contribution is 6.12. The van der Waals surface area contributed by atoms with E-state index in [-0.39, 0.29) is 0 Å². The fourth-order valence-electron chi connectivity index (χ4n) is 10.4. The smallest absolute Gasteiger partial charge is 0.416 e. The van der Waals surface area contributed by atoms with E-state index in [1.54, 1.807) is 27.4 Å². The molecule has 1 saturated heterocycles. The number of nitrogens with zero attached hydrogens (tertiary/aromatic N) is 1. The zero-order valence-electron chi connectivity index (χ0n) is 33.7. The molecule has 2 aliphatic heterocycles. The molecule has 0 bridgehead atoms. The van der Waals surface area contributed by atoms with Crippen molar-refractivity contribution in [2.45, 2.75) is 17.2 Å². The number of halogens is 3. The van der Waals surface area contributed by atoms with Crippen LogP contribution in [0.15, 0.2) is 133 Å². The first kappa shape index (κ1) is 37.3. The number of hydrogen-bond acceptors (Lipinski definition) is 6. The molecule has 1 unspecified atom stereocenters. The second kappa shape index (κ2) is 13.7. The highest BCUT2D eigenvalue weighted by atomic mass is 19.4. The molecule has 1 spiro atoms. The summed E-state index contributed by atoms with van der Waals surface area (Å²) in [7, 11) is 4.82. The summed E-state index contributed by atoms with van der Waals surface area (Å²) in [5.41, 5.74) is 7.41. The summed E-state index contributed by atoms with van der Waals surface area (Å²) < 4.78 is 75.4.